The van der Waals surface area contributed by atoms with Crippen molar-refractivity contribution >= 4 is 21.9 Å². The van der Waals surface area contributed by atoms with Crippen LogP contribution in [0, 0.1) is 13.8 Å². The Morgan fingerprint density at radius 2 is 1.87 bits per heavy atom. The van der Waals surface area contributed by atoms with Crippen LogP contribution >= 0.6 is 0 Å². The van der Waals surface area contributed by atoms with Gasteiger partial charge in [0, 0.05) is 17.0 Å². The average Bonchev–Trinajstić information content (AvgIpc) is 2.93. The second-order valence-corrected chi connectivity index (χ2v) is 5.97. The van der Waals surface area contributed by atoms with Crippen LogP contribution in [-0.2, 0) is 0 Å². The Bertz CT molecular complexity index is 1030. The number of aryl methyl sites for hydroxylation is 2. The summed E-state index contributed by atoms with van der Waals surface area (Å²) in [6.45, 7) is 4.18. The molecule has 2 aromatic heterocycles. The van der Waals surface area contributed by atoms with E-state index in [2.05, 4.69) is 60.2 Å². The lowest BCUT2D eigenvalue weighted by molar-refractivity contribution is 0.419. The molecule has 0 atom stereocenters. The lowest BCUT2D eigenvalue weighted by Gasteiger charge is -2.08. The van der Waals surface area contributed by atoms with Gasteiger partial charge in [0.1, 0.15) is 11.4 Å². The molecule has 4 aromatic rings. The molecule has 2 aromatic carbocycles. The van der Waals surface area contributed by atoms with Crippen molar-refractivity contribution in [1.82, 2.24) is 9.97 Å². The molecule has 4 rings (SSSR count). The predicted octanol–water partition coefficient (Wildman–Crippen LogP) is 5.01. The van der Waals surface area contributed by atoms with Gasteiger partial charge in [-0.15, -0.1) is 0 Å². The summed E-state index contributed by atoms with van der Waals surface area (Å²) in [5, 5.41) is 2.30. The van der Waals surface area contributed by atoms with E-state index in [1.807, 2.05) is 12.3 Å². The molecule has 23 heavy (non-hydrogen) atoms. The number of aromatic amines is 1. The Labute approximate surface area is 134 Å². The maximum atomic E-state index is 5.54. The lowest BCUT2D eigenvalue weighted by atomic mass is 9.98. The third-order valence-corrected chi connectivity index (χ3v) is 4.25. The van der Waals surface area contributed by atoms with E-state index < -0.39 is 0 Å². The van der Waals surface area contributed by atoms with Gasteiger partial charge in [0.05, 0.1) is 12.6 Å². The fourth-order valence-corrected chi connectivity index (χ4v) is 3.19. The third kappa shape index (κ3) is 2.16. The fourth-order valence-electron chi connectivity index (χ4n) is 3.19. The zero-order valence-corrected chi connectivity index (χ0v) is 13.5. The van der Waals surface area contributed by atoms with Crippen molar-refractivity contribution in [1.29, 1.82) is 0 Å². The molecule has 0 unspecified atom stereocenters. The number of hydrogen-bond donors (Lipinski definition) is 1. The summed E-state index contributed by atoms with van der Waals surface area (Å²) >= 11 is 0. The highest BCUT2D eigenvalue weighted by molar-refractivity contribution is 6.15. The number of ether oxygens (including phenoxy) is 1. The van der Waals surface area contributed by atoms with Crippen LogP contribution in [0.1, 0.15) is 11.1 Å². The van der Waals surface area contributed by atoms with Crippen molar-refractivity contribution in [3.8, 4) is 16.9 Å². The summed E-state index contributed by atoms with van der Waals surface area (Å²) in [6, 6.07) is 14.9. The molecule has 3 nitrogen and oxygen atoms in total. The first-order valence-electron chi connectivity index (χ1n) is 7.69. The lowest BCUT2D eigenvalue weighted by Crippen LogP contribution is -1.87. The van der Waals surface area contributed by atoms with Crippen molar-refractivity contribution in [2.45, 2.75) is 13.8 Å². The molecule has 2 heterocycles. The Hall–Kier alpha value is -2.81. The quantitative estimate of drug-likeness (QED) is 0.565. The molecular formula is C20H18N2O. The summed E-state index contributed by atoms with van der Waals surface area (Å²) in [5.74, 6) is 0.840. The number of benzene rings is 2. The SMILES string of the molecule is COc1ccc(-c2cccc(C)c2)c2c1[nH]c1ncc(C)cc12. The normalized spacial score (nSPS) is 11.3. The average molecular weight is 302 g/mol. The van der Waals surface area contributed by atoms with Gasteiger partial charge in [-0.25, -0.2) is 4.98 Å². The molecular weight excluding hydrogens is 284 g/mol. The molecule has 0 radical (unpaired) electrons. The molecule has 0 saturated carbocycles. The molecule has 0 spiro atoms. The minimum absolute atomic E-state index is 0.840. The minimum Gasteiger partial charge on any atom is -0.495 e. The number of hydrogen-bond acceptors (Lipinski definition) is 2. The second kappa shape index (κ2) is 5.13. The van der Waals surface area contributed by atoms with E-state index >= 15 is 0 Å². The smallest absolute Gasteiger partial charge is 0.143 e. The van der Waals surface area contributed by atoms with E-state index in [4.69, 9.17) is 4.74 Å². The molecule has 0 aliphatic carbocycles. The van der Waals surface area contributed by atoms with Gasteiger partial charge >= 0.3 is 0 Å². The van der Waals surface area contributed by atoms with E-state index in [-0.39, 0.29) is 0 Å². The summed E-state index contributed by atoms with van der Waals surface area (Å²) in [6.07, 6.45) is 1.89. The summed E-state index contributed by atoms with van der Waals surface area (Å²) in [7, 11) is 1.70. The first-order valence-corrected chi connectivity index (χ1v) is 7.69. The van der Waals surface area contributed by atoms with Crippen molar-refractivity contribution in [3.05, 3.63) is 59.8 Å². The Morgan fingerprint density at radius 3 is 2.65 bits per heavy atom. The van der Waals surface area contributed by atoms with Crippen LogP contribution in [0.4, 0.5) is 0 Å². The zero-order valence-electron chi connectivity index (χ0n) is 13.5. The fraction of sp³-hybridized carbons (Fsp3) is 0.150. The van der Waals surface area contributed by atoms with Crippen LogP contribution < -0.4 is 4.74 Å². The zero-order chi connectivity index (χ0) is 16.0. The number of nitrogens with zero attached hydrogens (tertiary/aromatic N) is 1. The highest BCUT2D eigenvalue weighted by Gasteiger charge is 2.15. The van der Waals surface area contributed by atoms with Crippen molar-refractivity contribution in [3.63, 3.8) is 0 Å². The topological polar surface area (TPSA) is 37.9 Å². The van der Waals surface area contributed by atoms with Gasteiger partial charge in [-0.05, 0) is 48.7 Å². The van der Waals surface area contributed by atoms with E-state index in [9.17, 15) is 0 Å². The van der Waals surface area contributed by atoms with Gasteiger partial charge in [0.2, 0.25) is 0 Å². The number of fused-ring (bicyclic) bond motifs is 3. The molecule has 1 N–H and O–H groups in total. The number of nitrogens with one attached hydrogen (secondary N) is 1. The van der Waals surface area contributed by atoms with Crippen LogP contribution in [0.25, 0.3) is 33.1 Å². The minimum atomic E-state index is 0.840. The molecule has 0 bridgehead atoms. The van der Waals surface area contributed by atoms with Gasteiger partial charge in [0.15, 0.2) is 0 Å². The van der Waals surface area contributed by atoms with Crippen LogP contribution in [0.2, 0.25) is 0 Å². The third-order valence-electron chi connectivity index (χ3n) is 4.25. The largest absolute Gasteiger partial charge is 0.495 e. The molecule has 0 fully saturated rings. The van der Waals surface area contributed by atoms with Gasteiger partial charge in [-0.2, -0.15) is 0 Å². The van der Waals surface area contributed by atoms with Gasteiger partial charge in [-0.1, -0.05) is 29.8 Å². The maximum Gasteiger partial charge on any atom is 0.143 e. The Morgan fingerprint density at radius 1 is 1.00 bits per heavy atom. The highest BCUT2D eigenvalue weighted by Crippen LogP contribution is 2.38. The van der Waals surface area contributed by atoms with E-state index in [1.165, 1.54) is 22.1 Å². The van der Waals surface area contributed by atoms with E-state index in [0.29, 0.717) is 0 Å². The van der Waals surface area contributed by atoms with Gasteiger partial charge in [0.25, 0.3) is 0 Å². The highest BCUT2D eigenvalue weighted by atomic mass is 16.5. The van der Waals surface area contributed by atoms with Crippen molar-refractivity contribution < 1.29 is 4.74 Å². The number of pyridine rings is 1. The first-order chi connectivity index (χ1) is 11.2. The molecule has 0 aliphatic rings. The molecule has 114 valence electrons. The maximum absolute atomic E-state index is 5.54. The molecule has 0 amide bonds. The Balaban J connectivity index is 2.16. The standard InChI is InChI=1S/C20H18N2O/c1-12-5-4-6-14(9-12)15-7-8-17(23-3)19-18(15)16-10-13(2)11-21-20(16)22-19/h4-11H,1-3H3,(H,21,22). The van der Waals surface area contributed by atoms with Crippen LogP contribution in [0.5, 0.6) is 5.75 Å². The number of methoxy groups -OCH3 is 1. The van der Waals surface area contributed by atoms with Crippen LogP contribution in [0.15, 0.2) is 48.7 Å². The van der Waals surface area contributed by atoms with Crippen molar-refractivity contribution in [2.75, 3.05) is 7.11 Å². The van der Waals surface area contributed by atoms with Gasteiger partial charge in [-0.3, -0.25) is 0 Å². The van der Waals surface area contributed by atoms with Crippen LogP contribution in [-0.4, -0.2) is 17.1 Å². The second-order valence-electron chi connectivity index (χ2n) is 5.97. The Kier molecular flexibility index (Phi) is 3.08. The van der Waals surface area contributed by atoms with Crippen molar-refractivity contribution in [2.24, 2.45) is 0 Å². The molecule has 3 heteroatoms. The molecule has 0 saturated heterocycles. The summed E-state index contributed by atoms with van der Waals surface area (Å²) in [5.41, 5.74) is 6.70. The summed E-state index contributed by atoms with van der Waals surface area (Å²) in [4.78, 5) is 7.95. The van der Waals surface area contributed by atoms with Crippen LogP contribution in [0.3, 0.4) is 0 Å². The number of aromatic nitrogens is 2. The monoisotopic (exact) mass is 302 g/mol. The summed E-state index contributed by atoms with van der Waals surface area (Å²) < 4.78 is 5.54. The van der Waals surface area contributed by atoms with E-state index in [1.54, 1.807) is 7.11 Å². The number of H-pyrrole nitrogens is 1. The van der Waals surface area contributed by atoms with Gasteiger partial charge < -0.3 is 9.72 Å². The predicted molar refractivity (Wildman–Crippen MR) is 95.1 cm³/mol. The van der Waals surface area contributed by atoms with E-state index in [0.717, 1.165) is 27.9 Å². The molecule has 0 aliphatic heterocycles. The number of rotatable bonds is 2. The first kappa shape index (κ1) is 13.8.